The van der Waals surface area contributed by atoms with Gasteiger partial charge in [-0.1, -0.05) is 23.7 Å². The number of nitrogens with zero attached hydrogens (tertiary/aromatic N) is 3. The zero-order chi connectivity index (χ0) is 16.2. The van der Waals surface area contributed by atoms with Crippen LogP contribution in [0.25, 0.3) is 0 Å². The third-order valence-electron chi connectivity index (χ3n) is 3.95. The van der Waals surface area contributed by atoms with Crippen molar-refractivity contribution < 1.29 is 9.18 Å². The Labute approximate surface area is 151 Å². The van der Waals surface area contributed by atoms with E-state index in [1.165, 1.54) is 12.1 Å². The summed E-state index contributed by atoms with van der Waals surface area (Å²) < 4.78 is 15.1. The Kier molecular flexibility index (Phi) is 6.60. The second-order valence-electron chi connectivity index (χ2n) is 5.53. The van der Waals surface area contributed by atoms with Crippen molar-refractivity contribution in [1.29, 1.82) is 0 Å². The van der Waals surface area contributed by atoms with Crippen LogP contribution in [0.3, 0.4) is 0 Å². The second-order valence-corrected chi connectivity index (χ2v) is 5.97. The Morgan fingerprint density at radius 2 is 2.29 bits per heavy atom. The van der Waals surface area contributed by atoms with Crippen LogP contribution < -0.4 is 5.32 Å². The van der Waals surface area contributed by atoms with Crippen LogP contribution in [0.15, 0.2) is 36.7 Å². The molecule has 0 bridgehead atoms. The van der Waals surface area contributed by atoms with Crippen molar-refractivity contribution in [3.05, 3.63) is 53.1 Å². The number of amides is 1. The van der Waals surface area contributed by atoms with Crippen molar-refractivity contribution in [2.24, 2.45) is 0 Å². The van der Waals surface area contributed by atoms with Crippen LogP contribution in [0.2, 0.25) is 5.02 Å². The third kappa shape index (κ3) is 4.47. The highest BCUT2D eigenvalue weighted by Crippen LogP contribution is 2.23. The lowest BCUT2D eigenvalue weighted by Crippen LogP contribution is -2.48. The summed E-state index contributed by atoms with van der Waals surface area (Å²) >= 11 is 5.82. The number of carbonyl (C=O) groups is 1. The highest BCUT2D eigenvalue weighted by atomic mass is 35.5. The highest BCUT2D eigenvalue weighted by Gasteiger charge is 2.27. The summed E-state index contributed by atoms with van der Waals surface area (Å²) in [5, 5.41) is 7.89. The smallest absolute Gasteiger partial charge is 0.225 e. The van der Waals surface area contributed by atoms with E-state index < -0.39 is 0 Å². The summed E-state index contributed by atoms with van der Waals surface area (Å²) in [7, 11) is 0. The zero-order valence-corrected chi connectivity index (χ0v) is 14.6. The summed E-state index contributed by atoms with van der Waals surface area (Å²) in [6.45, 7) is 2.46. The monoisotopic (exact) mass is 372 g/mol. The van der Waals surface area contributed by atoms with Gasteiger partial charge in [0.1, 0.15) is 5.82 Å². The number of hydrogen-bond donors (Lipinski definition) is 1. The molecule has 1 aliphatic rings. The van der Waals surface area contributed by atoms with E-state index in [0.717, 1.165) is 12.1 Å². The molecule has 0 spiro atoms. The zero-order valence-electron chi connectivity index (χ0n) is 13.0. The average Bonchev–Trinajstić information content (AvgIpc) is 2.98. The van der Waals surface area contributed by atoms with Gasteiger partial charge in [-0.15, -0.1) is 12.4 Å². The van der Waals surface area contributed by atoms with Gasteiger partial charge in [0.05, 0.1) is 17.3 Å². The Morgan fingerprint density at radius 3 is 3.00 bits per heavy atom. The predicted molar refractivity (Wildman–Crippen MR) is 92.8 cm³/mol. The summed E-state index contributed by atoms with van der Waals surface area (Å²) in [6, 6.07) is 6.29. The Bertz CT molecular complexity index is 694. The van der Waals surface area contributed by atoms with Crippen LogP contribution >= 0.6 is 24.0 Å². The van der Waals surface area contributed by atoms with Gasteiger partial charge < -0.3 is 10.2 Å². The number of benzene rings is 1. The molecule has 1 atom stereocenters. The van der Waals surface area contributed by atoms with Gasteiger partial charge in [-0.2, -0.15) is 5.10 Å². The normalized spacial score (nSPS) is 17.4. The van der Waals surface area contributed by atoms with Crippen molar-refractivity contribution in [1.82, 2.24) is 20.0 Å². The van der Waals surface area contributed by atoms with Crippen molar-refractivity contribution in [3.8, 4) is 0 Å². The molecule has 0 saturated carbocycles. The fourth-order valence-electron chi connectivity index (χ4n) is 2.83. The Hall–Kier alpha value is -1.63. The van der Waals surface area contributed by atoms with Crippen molar-refractivity contribution in [2.75, 3.05) is 19.6 Å². The third-order valence-corrected chi connectivity index (χ3v) is 4.15. The quantitative estimate of drug-likeness (QED) is 0.897. The molecule has 1 aromatic carbocycles. The summed E-state index contributed by atoms with van der Waals surface area (Å²) in [5.41, 5.74) is 0.813. The van der Waals surface area contributed by atoms with E-state index in [1.54, 1.807) is 23.1 Å². The average molecular weight is 373 g/mol. The van der Waals surface area contributed by atoms with Crippen LogP contribution in [0, 0.1) is 5.82 Å². The van der Waals surface area contributed by atoms with Gasteiger partial charge in [0, 0.05) is 38.8 Å². The maximum atomic E-state index is 13.5. The molecule has 1 fully saturated rings. The van der Waals surface area contributed by atoms with Crippen molar-refractivity contribution >= 4 is 29.9 Å². The molecular formula is C16H19Cl2FN4O. The standard InChI is InChI=1S/C16H18ClFN4O.ClH/c17-13-9-20-21(11-13)6-4-16(23)22-7-5-19-10-15(22)12-2-1-3-14(18)8-12;/h1-3,8-9,11,15,19H,4-7,10H2;1H. The predicted octanol–water partition coefficient (Wildman–Crippen LogP) is 2.66. The minimum Gasteiger partial charge on any atom is -0.333 e. The first-order valence-corrected chi connectivity index (χ1v) is 7.95. The fourth-order valence-corrected chi connectivity index (χ4v) is 2.99. The van der Waals surface area contributed by atoms with Gasteiger partial charge in [0.15, 0.2) is 0 Å². The lowest BCUT2D eigenvalue weighted by molar-refractivity contribution is -0.134. The molecule has 3 rings (SSSR count). The molecule has 24 heavy (non-hydrogen) atoms. The number of nitrogens with one attached hydrogen (secondary N) is 1. The first-order chi connectivity index (χ1) is 11.1. The van der Waals surface area contributed by atoms with E-state index in [4.69, 9.17) is 11.6 Å². The van der Waals surface area contributed by atoms with Crippen LogP contribution in [-0.4, -0.2) is 40.2 Å². The maximum absolute atomic E-state index is 13.5. The molecule has 1 aliphatic heterocycles. The minimum atomic E-state index is -0.286. The molecule has 130 valence electrons. The van der Waals surface area contributed by atoms with Gasteiger partial charge in [-0.05, 0) is 17.7 Å². The number of rotatable bonds is 4. The molecule has 2 aromatic rings. The molecule has 1 saturated heterocycles. The largest absolute Gasteiger partial charge is 0.333 e. The van der Waals surface area contributed by atoms with Crippen LogP contribution in [0.5, 0.6) is 0 Å². The number of hydrogen-bond acceptors (Lipinski definition) is 3. The number of aryl methyl sites for hydroxylation is 1. The van der Waals surface area contributed by atoms with Gasteiger partial charge in [-0.3, -0.25) is 9.48 Å². The minimum absolute atomic E-state index is 0. The number of halogens is 3. The van der Waals surface area contributed by atoms with Crippen LogP contribution in [-0.2, 0) is 11.3 Å². The SMILES string of the molecule is Cl.O=C(CCn1cc(Cl)cn1)N1CCNCC1c1cccc(F)c1. The van der Waals surface area contributed by atoms with Crippen molar-refractivity contribution in [2.45, 2.75) is 19.0 Å². The van der Waals surface area contributed by atoms with E-state index in [1.807, 2.05) is 11.0 Å². The van der Waals surface area contributed by atoms with E-state index in [-0.39, 0.29) is 30.2 Å². The van der Waals surface area contributed by atoms with E-state index in [2.05, 4.69) is 10.4 Å². The van der Waals surface area contributed by atoms with Crippen LogP contribution in [0.1, 0.15) is 18.0 Å². The molecule has 1 N–H and O–H groups in total. The molecule has 5 nitrogen and oxygen atoms in total. The summed E-state index contributed by atoms with van der Waals surface area (Å²) in [5.74, 6) is -0.251. The molecule has 0 aliphatic carbocycles. The second kappa shape index (κ2) is 8.46. The topological polar surface area (TPSA) is 50.2 Å². The summed E-state index contributed by atoms with van der Waals surface area (Å²) in [6.07, 6.45) is 3.58. The number of carbonyl (C=O) groups excluding carboxylic acids is 1. The highest BCUT2D eigenvalue weighted by molar-refractivity contribution is 6.30. The van der Waals surface area contributed by atoms with Crippen molar-refractivity contribution in [3.63, 3.8) is 0 Å². The van der Waals surface area contributed by atoms with E-state index in [9.17, 15) is 9.18 Å². The molecule has 0 radical (unpaired) electrons. The lowest BCUT2D eigenvalue weighted by atomic mass is 10.0. The number of piperazine rings is 1. The summed E-state index contributed by atoms with van der Waals surface area (Å²) in [4.78, 5) is 14.4. The molecule has 1 aromatic heterocycles. The Balaban J connectivity index is 0.00000208. The molecule has 2 heterocycles. The molecule has 1 unspecified atom stereocenters. The van der Waals surface area contributed by atoms with Gasteiger partial charge >= 0.3 is 0 Å². The molecule has 8 heteroatoms. The number of aromatic nitrogens is 2. The van der Waals surface area contributed by atoms with Gasteiger partial charge in [-0.25, -0.2) is 4.39 Å². The molecular weight excluding hydrogens is 354 g/mol. The van der Waals surface area contributed by atoms with Gasteiger partial charge in [0.2, 0.25) is 5.91 Å². The first kappa shape index (κ1) is 18.7. The van der Waals surface area contributed by atoms with E-state index >= 15 is 0 Å². The van der Waals surface area contributed by atoms with Gasteiger partial charge in [0.25, 0.3) is 0 Å². The van der Waals surface area contributed by atoms with Crippen LogP contribution in [0.4, 0.5) is 4.39 Å². The Morgan fingerprint density at radius 1 is 1.46 bits per heavy atom. The maximum Gasteiger partial charge on any atom is 0.225 e. The first-order valence-electron chi connectivity index (χ1n) is 7.57. The molecule has 1 amide bonds. The van der Waals surface area contributed by atoms with E-state index in [0.29, 0.717) is 31.1 Å². The lowest BCUT2D eigenvalue weighted by Gasteiger charge is -2.36. The fraction of sp³-hybridized carbons (Fsp3) is 0.375.